The molecule has 0 bridgehead atoms. The van der Waals surface area contributed by atoms with Gasteiger partial charge in [0.15, 0.2) is 0 Å². The fourth-order valence-corrected chi connectivity index (χ4v) is 1.38. The summed E-state index contributed by atoms with van der Waals surface area (Å²) in [7, 11) is 1.81. The summed E-state index contributed by atoms with van der Waals surface area (Å²) in [5, 5.41) is 4.19. The fourth-order valence-electron chi connectivity index (χ4n) is 1.38. The Hall–Kier alpha value is -2.15. The molecule has 0 aliphatic rings. The highest BCUT2D eigenvalue weighted by Gasteiger charge is 2.09. The van der Waals surface area contributed by atoms with E-state index < -0.39 is 0 Å². The lowest BCUT2D eigenvalue weighted by atomic mass is 10.4. The summed E-state index contributed by atoms with van der Waals surface area (Å²) in [5.41, 5.74) is 4.08. The maximum atomic E-state index is 5.66. The third kappa shape index (κ3) is 2.34. The van der Waals surface area contributed by atoms with Crippen molar-refractivity contribution in [1.82, 2.24) is 19.7 Å². The Balaban J connectivity index is 2.32. The molecule has 90 valence electrons. The normalized spacial score (nSPS) is 10.4. The summed E-state index contributed by atoms with van der Waals surface area (Å²) in [4.78, 5) is 8.10. The highest BCUT2D eigenvalue weighted by Crippen LogP contribution is 2.23. The molecule has 7 heteroatoms. The van der Waals surface area contributed by atoms with Gasteiger partial charge in [-0.2, -0.15) is 10.1 Å². The van der Waals surface area contributed by atoms with Crippen LogP contribution in [-0.4, -0.2) is 19.7 Å². The lowest BCUT2D eigenvalue weighted by Crippen LogP contribution is -2.11. The van der Waals surface area contributed by atoms with E-state index in [1.807, 2.05) is 19.9 Å². The zero-order chi connectivity index (χ0) is 12.4. The van der Waals surface area contributed by atoms with Gasteiger partial charge in [0, 0.05) is 24.9 Å². The van der Waals surface area contributed by atoms with Gasteiger partial charge in [-0.25, -0.2) is 15.5 Å². The number of aromatic nitrogens is 4. The van der Waals surface area contributed by atoms with Crippen molar-refractivity contribution in [2.75, 3.05) is 5.43 Å². The maximum absolute atomic E-state index is 5.66. The Morgan fingerprint density at radius 1 is 1.41 bits per heavy atom. The number of nitrogens with one attached hydrogen (secondary N) is 1. The lowest BCUT2D eigenvalue weighted by Gasteiger charge is -2.08. The van der Waals surface area contributed by atoms with E-state index in [1.165, 1.54) is 0 Å². The lowest BCUT2D eigenvalue weighted by molar-refractivity contribution is 0.412. The van der Waals surface area contributed by atoms with Crippen LogP contribution in [0.1, 0.15) is 11.3 Å². The molecule has 7 nitrogen and oxygen atoms in total. The number of anilines is 1. The van der Waals surface area contributed by atoms with E-state index >= 15 is 0 Å². The molecule has 0 aliphatic carbocycles. The van der Waals surface area contributed by atoms with Crippen molar-refractivity contribution in [2.45, 2.75) is 13.8 Å². The Bertz CT molecular complexity index is 536. The van der Waals surface area contributed by atoms with Gasteiger partial charge in [-0.1, -0.05) is 0 Å². The third-order valence-electron chi connectivity index (χ3n) is 2.21. The smallest absolute Gasteiger partial charge is 0.240 e. The van der Waals surface area contributed by atoms with E-state index in [0.29, 0.717) is 17.7 Å². The van der Waals surface area contributed by atoms with Crippen LogP contribution in [0.25, 0.3) is 0 Å². The van der Waals surface area contributed by atoms with Crippen molar-refractivity contribution in [1.29, 1.82) is 0 Å². The Morgan fingerprint density at radius 3 is 2.76 bits per heavy atom. The van der Waals surface area contributed by atoms with Gasteiger partial charge in [-0.15, -0.1) is 0 Å². The highest BCUT2D eigenvalue weighted by molar-refractivity contribution is 5.33. The van der Waals surface area contributed by atoms with Crippen LogP contribution in [0.3, 0.4) is 0 Å². The monoisotopic (exact) mass is 234 g/mol. The van der Waals surface area contributed by atoms with Gasteiger partial charge in [0.2, 0.25) is 17.7 Å². The second-order valence-electron chi connectivity index (χ2n) is 3.68. The molecular formula is C10H14N6O. The van der Waals surface area contributed by atoms with E-state index in [-0.39, 0.29) is 0 Å². The summed E-state index contributed by atoms with van der Waals surface area (Å²) >= 11 is 0. The largest absolute Gasteiger partial charge is 0.421 e. The van der Waals surface area contributed by atoms with Crippen LogP contribution >= 0.6 is 0 Å². The van der Waals surface area contributed by atoms with Crippen molar-refractivity contribution < 1.29 is 4.74 Å². The number of hydrazine groups is 1. The van der Waals surface area contributed by atoms with E-state index in [4.69, 9.17) is 10.6 Å². The maximum Gasteiger partial charge on any atom is 0.240 e. The summed E-state index contributed by atoms with van der Waals surface area (Å²) in [6.45, 7) is 3.76. The second-order valence-corrected chi connectivity index (χ2v) is 3.68. The van der Waals surface area contributed by atoms with Crippen LogP contribution < -0.4 is 16.0 Å². The first-order valence-electron chi connectivity index (χ1n) is 5.09. The van der Waals surface area contributed by atoms with Crippen LogP contribution in [-0.2, 0) is 7.05 Å². The van der Waals surface area contributed by atoms with Crippen molar-refractivity contribution >= 4 is 5.95 Å². The summed E-state index contributed by atoms with van der Waals surface area (Å²) in [6, 6.07) is 1.83. The van der Waals surface area contributed by atoms with Crippen LogP contribution in [0.2, 0.25) is 0 Å². The van der Waals surface area contributed by atoms with Crippen molar-refractivity contribution in [3.8, 4) is 11.8 Å². The number of nitrogens with two attached hydrogens (primary N) is 1. The van der Waals surface area contributed by atoms with Gasteiger partial charge < -0.3 is 4.74 Å². The summed E-state index contributed by atoms with van der Waals surface area (Å²) in [5.74, 6) is 6.63. The van der Waals surface area contributed by atoms with Crippen molar-refractivity contribution in [2.24, 2.45) is 12.9 Å². The standard InChI is InChI=1S/C10H14N6O/c1-6-5-12-10(14-11)13-9(6)17-8-4-7(2)15-16(8)3/h4-5H,11H2,1-3H3,(H,12,13,14). The van der Waals surface area contributed by atoms with Crippen LogP contribution in [0.4, 0.5) is 5.95 Å². The zero-order valence-electron chi connectivity index (χ0n) is 9.93. The first-order valence-corrected chi connectivity index (χ1v) is 5.09. The molecule has 2 rings (SSSR count). The van der Waals surface area contributed by atoms with Gasteiger partial charge in [0.05, 0.1) is 5.69 Å². The average molecular weight is 234 g/mol. The molecule has 0 saturated carbocycles. The molecule has 0 amide bonds. The molecule has 0 atom stereocenters. The number of hydrogen-bond acceptors (Lipinski definition) is 6. The minimum atomic E-state index is 0.310. The molecular weight excluding hydrogens is 220 g/mol. The minimum Gasteiger partial charge on any atom is -0.421 e. The molecule has 0 unspecified atom stereocenters. The second kappa shape index (κ2) is 4.38. The summed E-state index contributed by atoms with van der Waals surface area (Å²) < 4.78 is 7.30. The number of ether oxygens (including phenoxy) is 1. The first-order chi connectivity index (χ1) is 8.10. The van der Waals surface area contributed by atoms with E-state index in [1.54, 1.807) is 17.9 Å². The molecule has 0 fully saturated rings. The molecule has 17 heavy (non-hydrogen) atoms. The van der Waals surface area contributed by atoms with Crippen molar-refractivity contribution in [3.63, 3.8) is 0 Å². The van der Waals surface area contributed by atoms with E-state index in [2.05, 4.69) is 20.5 Å². The summed E-state index contributed by atoms with van der Waals surface area (Å²) in [6.07, 6.45) is 1.64. The number of nitrogen functional groups attached to an aromatic ring is 1. The van der Waals surface area contributed by atoms with Gasteiger partial charge >= 0.3 is 0 Å². The molecule has 3 N–H and O–H groups in total. The van der Waals surface area contributed by atoms with E-state index in [9.17, 15) is 0 Å². The number of hydrogen-bond donors (Lipinski definition) is 2. The average Bonchev–Trinajstić information content (AvgIpc) is 2.60. The number of aryl methyl sites for hydroxylation is 3. The minimum absolute atomic E-state index is 0.310. The van der Waals surface area contributed by atoms with Crippen molar-refractivity contribution in [3.05, 3.63) is 23.5 Å². The SMILES string of the molecule is Cc1cc(Oc2nc(NN)ncc2C)n(C)n1. The van der Waals surface area contributed by atoms with Gasteiger partial charge in [0.25, 0.3) is 0 Å². The quantitative estimate of drug-likeness (QED) is 0.605. The van der Waals surface area contributed by atoms with Crippen LogP contribution in [0.15, 0.2) is 12.3 Å². The predicted molar refractivity (Wildman–Crippen MR) is 62.6 cm³/mol. The van der Waals surface area contributed by atoms with Gasteiger partial charge in [0.1, 0.15) is 0 Å². The molecule has 0 saturated heterocycles. The Labute approximate surface area is 98.6 Å². The van der Waals surface area contributed by atoms with E-state index in [0.717, 1.165) is 11.3 Å². The zero-order valence-corrected chi connectivity index (χ0v) is 9.93. The third-order valence-corrected chi connectivity index (χ3v) is 2.21. The first kappa shape index (κ1) is 11.3. The molecule has 2 aromatic rings. The molecule has 2 aromatic heterocycles. The topological polar surface area (TPSA) is 90.9 Å². The molecule has 0 aliphatic heterocycles. The van der Waals surface area contributed by atoms with Gasteiger partial charge in [-0.3, -0.25) is 5.43 Å². The highest BCUT2D eigenvalue weighted by atomic mass is 16.5. The van der Waals surface area contributed by atoms with Gasteiger partial charge in [-0.05, 0) is 13.8 Å². The predicted octanol–water partition coefficient (Wildman–Crippen LogP) is 0.905. The number of rotatable bonds is 3. The fraction of sp³-hybridized carbons (Fsp3) is 0.300. The van der Waals surface area contributed by atoms with Crippen LogP contribution in [0.5, 0.6) is 11.8 Å². The molecule has 0 spiro atoms. The molecule has 0 aromatic carbocycles. The molecule has 2 heterocycles. The van der Waals surface area contributed by atoms with Crippen LogP contribution in [0, 0.1) is 13.8 Å². The Kier molecular flexibility index (Phi) is 2.92. The Morgan fingerprint density at radius 2 is 2.18 bits per heavy atom. The molecule has 0 radical (unpaired) electrons. The number of nitrogens with zero attached hydrogens (tertiary/aromatic N) is 4.